The van der Waals surface area contributed by atoms with Gasteiger partial charge in [0, 0.05) is 18.8 Å². The number of rotatable bonds is 2. The molecule has 82 valence electrons. The number of ether oxygens (including phenoxy) is 1. The number of hydrogen-bond donors (Lipinski definition) is 0. The van der Waals surface area contributed by atoms with E-state index < -0.39 is 0 Å². The third-order valence-electron chi connectivity index (χ3n) is 2.96. The summed E-state index contributed by atoms with van der Waals surface area (Å²) >= 11 is 0. The lowest BCUT2D eigenvalue weighted by atomic mass is 10.1. The van der Waals surface area contributed by atoms with E-state index >= 15 is 0 Å². The van der Waals surface area contributed by atoms with Crippen molar-refractivity contribution >= 4 is 5.69 Å². The van der Waals surface area contributed by atoms with Gasteiger partial charge in [0.05, 0.1) is 12.7 Å². The van der Waals surface area contributed by atoms with Crippen LogP contribution in [0.25, 0.3) is 0 Å². The van der Waals surface area contributed by atoms with Crippen molar-refractivity contribution < 1.29 is 4.74 Å². The molecule has 2 rings (SSSR count). The first kappa shape index (κ1) is 10.5. The van der Waals surface area contributed by atoms with Crippen molar-refractivity contribution in [1.29, 1.82) is 0 Å². The maximum atomic E-state index is 5.75. The number of morpholine rings is 1. The zero-order chi connectivity index (χ0) is 10.7. The average molecular weight is 205 g/mol. The second kappa shape index (κ2) is 4.67. The largest absolute Gasteiger partial charge is 0.374 e. The van der Waals surface area contributed by atoms with Gasteiger partial charge in [0.2, 0.25) is 0 Å². The molecule has 2 nitrogen and oxygen atoms in total. The van der Waals surface area contributed by atoms with Gasteiger partial charge in [0.15, 0.2) is 0 Å². The van der Waals surface area contributed by atoms with Crippen LogP contribution in [0.3, 0.4) is 0 Å². The molecule has 2 heteroatoms. The number of hydrogen-bond acceptors (Lipinski definition) is 2. The highest BCUT2D eigenvalue weighted by molar-refractivity contribution is 5.46. The van der Waals surface area contributed by atoms with E-state index in [-0.39, 0.29) is 0 Å². The van der Waals surface area contributed by atoms with Crippen LogP contribution in [0.2, 0.25) is 0 Å². The highest BCUT2D eigenvalue weighted by Crippen LogP contribution is 2.19. The molecule has 0 bridgehead atoms. The molecule has 0 aromatic heterocycles. The molecule has 1 aliphatic heterocycles. The Bertz CT molecular complexity index is 297. The van der Waals surface area contributed by atoms with Gasteiger partial charge in [-0.1, -0.05) is 32.0 Å². The first-order chi connectivity index (χ1) is 7.27. The Balaban J connectivity index is 2.05. The summed E-state index contributed by atoms with van der Waals surface area (Å²) in [6, 6.07) is 10.6. The molecule has 1 saturated heterocycles. The van der Waals surface area contributed by atoms with Crippen molar-refractivity contribution in [2.75, 3.05) is 24.6 Å². The molecule has 0 N–H and O–H groups in total. The standard InChI is InChI=1S/C13H19NO/c1-11(2)13-10-14(8-9-15-13)12-6-4-3-5-7-12/h3-7,11,13H,8-10H2,1-2H3. The highest BCUT2D eigenvalue weighted by Gasteiger charge is 2.22. The van der Waals surface area contributed by atoms with Crippen LogP contribution in [0.1, 0.15) is 13.8 Å². The summed E-state index contributed by atoms with van der Waals surface area (Å²) in [5.41, 5.74) is 1.31. The van der Waals surface area contributed by atoms with E-state index in [1.54, 1.807) is 0 Å². The summed E-state index contributed by atoms with van der Waals surface area (Å²) in [6.45, 7) is 7.31. The van der Waals surface area contributed by atoms with Gasteiger partial charge in [-0.05, 0) is 18.1 Å². The predicted octanol–water partition coefficient (Wildman–Crippen LogP) is 2.55. The molecule has 15 heavy (non-hydrogen) atoms. The van der Waals surface area contributed by atoms with E-state index in [2.05, 4.69) is 49.1 Å². The van der Waals surface area contributed by atoms with Crippen LogP contribution in [0.15, 0.2) is 30.3 Å². The number of anilines is 1. The monoisotopic (exact) mass is 205 g/mol. The number of nitrogens with zero attached hydrogens (tertiary/aromatic N) is 1. The van der Waals surface area contributed by atoms with Crippen molar-refractivity contribution in [2.24, 2.45) is 5.92 Å². The molecule has 1 unspecified atom stereocenters. The van der Waals surface area contributed by atoms with E-state index in [1.165, 1.54) is 5.69 Å². The molecule has 1 atom stereocenters. The van der Waals surface area contributed by atoms with Gasteiger partial charge in [0.25, 0.3) is 0 Å². The van der Waals surface area contributed by atoms with Gasteiger partial charge >= 0.3 is 0 Å². The third kappa shape index (κ3) is 2.51. The Hall–Kier alpha value is -1.02. The maximum Gasteiger partial charge on any atom is 0.0773 e. The molecule has 1 aromatic carbocycles. The lowest BCUT2D eigenvalue weighted by Gasteiger charge is -2.36. The number of benzene rings is 1. The summed E-state index contributed by atoms with van der Waals surface area (Å²) in [7, 11) is 0. The van der Waals surface area contributed by atoms with Gasteiger partial charge in [-0.3, -0.25) is 0 Å². The lowest BCUT2D eigenvalue weighted by Crippen LogP contribution is -2.44. The summed E-state index contributed by atoms with van der Waals surface area (Å²) in [6.07, 6.45) is 0.374. The topological polar surface area (TPSA) is 12.5 Å². The van der Waals surface area contributed by atoms with Gasteiger partial charge < -0.3 is 9.64 Å². The Morgan fingerprint density at radius 2 is 2.00 bits per heavy atom. The van der Waals surface area contributed by atoms with Crippen LogP contribution in [0.5, 0.6) is 0 Å². The second-order valence-electron chi connectivity index (χ2n) is 4.43. The van der Waals surface area contributed by atoms with Gasteiger partial charge in [-0.25, -0.2) is 0 Å². The summed E-state index contributed by atoms with van der Waals surface area (Å²) < 4.78 is 5.75. The molecule has 0 spiro atoms. The zero-order valence-corrected chi connectivity index (χ0v) is 9.52. The minimum absolute atomic E-state index is 0.374. The molecular weight excluding hydrogens is 186 g/mol. The van der Waals surface area contributed by atoms with Crippen molar-refractivity contribution in [2.45, 2.75) is 20.0 Å². The molecule has 0 radical (unpaired) electrons. The van der Waals surface area contributed by atoms with Crippen LogP contribution >= 0.6 is 0 Å². The Morgan fingerprint density at radius 3 is 2.67 bits per heavy atom. The molecule has 1 heterocycles. The van der Waals surface area contributed by atoms with Crippen LogP contribution in [-0.2, 0) is 4.74 Å². The first-order valence-corrected chi connectivity index (χ1v) is 5.69. The minimum Gasteiger partial charge on any atom is -0.374 e. The van der Waals surface area contributed by atoms with Crippen LogP contribution in [0, 0.1) is 5.92 Å². The normalized spacial score (nSPS) is 22.1. The highest BCUT2D eigenvalue weighted by atomic mass is 16.5. The molecular formula is C13H19NO. The summed E-state index contributed by atoms with van der Waals surface area (Å²) in [5, 5.41) is 0. The zero-order valence-electron chi connectivity index (χ0n) is 9.52. The first-order valence-electron chi connectivity index (χ1n) is 5.69. The fourth-order valence-corrected chi connectivity index (χ4v) is 1.95. The van der Waals surface area contributed by atoms with E-state index in [4.69, 9.17) is 4.74 Å². The SMILES string of the molecule is CC(C)C1CN(c2ccccc2)CCO1. The van der Waals surface area contributed by atoms with Gasteiger partial charge in [0.1, 0.15) is 0 Å². The summed E-state index contributed by atoms with van der Waals surface area (Å²) in [5.74, 6) is 0.594. The molecule has 0 amide bonds. The molecule has 1 fully saturated rings. The smallest absolute Gasteiger partial charge is 0.0773 e. The second-order valence-corrected chi connectivity index (χ2v) is 4.43. The summed E-state index contributed by atoms with van der Waals surface area (Å²) in [4.78, 5) is 2.41. The van der Waals surface area contributed by atoms with E-state index in [0.717, 1.165) is 19.7 Å². The van der Waals surface area contributed by atoms with Crippen LogP contribution < -0.4 is 4.90 Å². The Kier molecular flexibility index (Phi) is 3.27. The lowest BCUT2D eigenvalue weighted by molar-refractivity contribution is 0.0114. The molecule has 0 aliphatic carbocycles. The quantitative estimate of drug-likeness (QED) is 0.735. The molecule has 0 saturated carbocycles. The molecule has 1 aromatic rings. The van der Waals surface area contributed by atoms with Gasteiger partial charge in [-0.2, -0.15) is 0 Å². The Labute approximate surface area is 91.9 Å². The van der Waals surface area contributed by atoms with E-state index in [9.17, 15) is 0 Å². The fourth-order valence-electron chi connectivity index (χ4n) is 1.95. The van der Waals surface area contributed by atoms with Gasteiger partial charge in [-0.15, -0.1) is 0 Å². The Morgan fingerprint density at radius 1 is 1.27 bits per heavy atom. The predicted molar refractivity (Wildman–Crippen MR) is 63.2 cm³/mol. The van der Waals surface area contributed by atoms with E-state index in [1.807, 2.05) is 0 Å². The van der Waals surface area contributed by atoms with Crippen LogP contribution in [-0.4, -0.2) is 25.8 Å². The van der Waals surface area contributed by atoms with E-state index in [0.29, 0.717) is 12.0 Å². The van der Waals surface area contributed by atoms with Crippen LogP contribution in [0.4, 0.5) is 5.69 Å². The fraction of sp³-hybridized carbons (Fsp3) is 0.538. The van der Waals surface area contributed by atoms with Crippen molar-refractivity contribution in [3.8, 4) is 0 Å². The van der Waals surface area contributed by atoms with Crippen molar-refractivity contribution in [3.05, 3.63) is 30.3 Å². The van der Waals surface area contributed by atoms with Crippen molar-refractivity contribution in [1.82, 2.24) is 0 Å². The average Bonchev–Trinajstić information content (AvgIpc) is 2.30. The molecule has 1 aliphatic rings. The third-order valence-corrected chi connectivity index (χ3v) is 2.96. The minimum atomic E-state index is 0.374. The maximum absolute atomic E-state index is 5.75. The van der Waals surface area contributed by atoms with Crippen molar-refractivity contribution in [3.63, 3.8) is 0 Å². The number of para-hydroxylation sites is 1.